The van der Waals surface area contributed by atoms with Crippen LogP contribution in [0.15, 0.2) is 22.9 Å². The van der Waals surface area contributed by atoms with Crippen molar-refractivity contribution in [1.82, 2.24) is 20.0 Å². The molecule has 2 fully saturated rings. The molecule has 0 N–H and O–H groups in total. The summed E-state index contributed by atoms with van der Waals surface area (Å²) < 4.78 is 16.7. The number of methoxy groups -OCH3 is 1. The average Bonchev–Trinajstić information content (AvgIpc) is 3.22. The summed E-state index contributed by atoms with van der Waals surface area (Å²) in [6.45, 7) is 4.57. The number of hydrogen-bond donors (Lipinski definition) is 0. The SMILES string of the molecule is COc1ncccc1CN1C[C@@H]2C[C@@H](c3nc(C)no3)O[C@@H]2C1. The maximum Gasteiger partial charge on any atom is 0.255 e. The minimum atomic E-state index is -0.0544. The minimum Gasteiger partial charge on any atom is -0.481 e. The summed E-state index contributed by atoms with van der Waals surface area (Å²) in [5.41, 5.74) is 1.11. The first-order valence-electron chi connectivity index (χ1n) is 7.89. The molecule has 2 saturated heterocycles. The summed E-state index contributed by atoms with van der Waals surface area (Å²) >= 11 is 0. The molecule has 2 aliphatic heterocycles. The van der Waals surface area contributed by atoms with Crippen molar-refractivity contribution in [3.63, 3.8) is 0 Å². The molecule has 2 aromatic rings. The fourth-order valence-corrected chi connectivity index (χ4v) is 3.55. The highest BCUT2D eigenvalue weighted by Gasteiger charge is 2.44. The smallest absolute Gasteiger partial charge is 0.255 e. The molecule has 0 bridgehead atoms. The Balaban J connectivity index is 1.39. The standard InChI is InChI=1S/C16H20N4O3/c1-10-18-16(23-19-10)13-6-12-8-20(9-14(12)22-13)7-11-4-3-5-17-15(11)21-2/h3-5,12-14H,6-9H2,1-2H3/t12-,13-,14+/m0/s1. The lowest BCUT2D eigenvalue weighted by Gasteiger charge is -2.18. The number of aromatic nitrogens is 3. The quantitative estimate of drug-likeness (QED) is 0.850. The summed E-state index contributed by atoms with van der Waals surface area (Å²) in [5.74, 6) is 2.47. The van der Waals surface area contributed by atoms with Crippen molar-refractivity contribution in [3.8, 4) is 5.88 Å². The first kappa shape index (κ1) is 14.6. The van der Waals surface area contributed by atoms with Gasteiger partial charge in [0.1, 0.15) is 6.10 Å². The predicted octanol–water partition coefficient (Wildman–Crippen LogP) is 1.74. The van der Waals surface area contributed by atoms with E-state index in [1.807, 2.05) is 13.0 Å². The van der Waals surface area contributed by atoms with Crippen molar-refractivity contribution in [1.29, 1.82) is 0 Å². The minimum absolute atomic E-state index is 0.0544. The van der Waals surface area contributed by atoms with E-state index < -0.39 is 0 Å². The lowest BCUT2D eigenvalue weighted by Crippen LogP contribution is -2.23. The third-order valence-corrected chi connectivity index (χ3v) is 4.57. The number of aryl methyl sites for hydroxylation is 1. The van der Waals surface area contributed by atoms with Gasteiger partial charge in [-0.1, -0.05) is 11.2 Å². The molecule has 2 aromatic heterocycles. The number of rotatable bonds is 4. The van der Waals surface area contributed by atoms with Crippen molar-refractivity contribution in [2.24, 2.45) is 5.92 Å². The van der Waals surface area contributed by atoms with Crippen LogP contribution in [0, 0.1) is 12.8 Å². The topological polar surface area (TPSA) is 73.5 Å². The highest BCUT2D eigenvalue weighted by atomic mass is 16.5. The van der Waals surface area contributed by atoms with Crippen LogP contribution in [-0.2, 0) is 11.3 Å². The van der Waals surface area contributed by atoms with Gasteiger partial charge in [0.15, 0.2) is 5.82 Å². The molecule has 0 unspecified atom stereocenters. The van der Waals surface area contributed by atoms with E-state index in [1.165, 1.54) is 0 Å². The second kappa shape index (κ2) is 5.90. The van der Waals surface area contributed by atoms with Crippen LogP contribution in [-0.4, -0.2) is 46.3 Å². The Hall–Kier alpha value is -1.99. The van der Waals surface area contributed by atoms with Crippen molar-refractivity contribution >= 4 is 0 Å². The number of nitrogens with zero attached hydrogens (tertiary/aromatic N) is 4. The average molecular weight is 316 g/mol. The van der Waals surface area contributed by atoms with Crippen LogP contribution in [0.3, 0.4) is 0 Å². The lowest BCUT2D eigenvalue weighted by molar-refractivity contribution is 0.0198. The molecule has 0 spiro atoms. The summed E-state index contributed by atoms with van der Waals surface area (Å²) in [7, 11) is 1.66. The van der Waals surface area contributed by atoms with Gasteiger partial charge in [0.25, 0.3) is 5.89 Å². The molecule has 0 aliphatic carbocycles. The first-order valence-corrected chi connectivity index (χ1v) is 7.89. The van der Waals surface area contributed by atoms with Crippen LogP contribution in [0.25, 0.3) is 0 Å². The first-order chi connectivity index (χ1) is 11.2. The van der Waals surface area contributed by atoms with Crippen LogP contribution in [0.5, 0.6) is 5.88 Å². The summed E-state index contributed by atoms with van der Waals surface area (Å²) in [6.07, 6.45) is 2.87. The molecule has 7 nitrogen and oxygen atoms in total. The summed E-state index contributed by atoms with van der Waals surface area (Å²) in [5, 5.41) is 3.85. The highest BCUT2D eigenvalue weighted by molar-refractivity contribution is 5.25. The van der Waals surface area contributed by atoms with Gasteiger partial charge in [-0.3, -0.25) is 4.90 Å². The highest BCUT2D eigenvalue weighted by Crippen LogP contribution is 2.40. The van der Waals surface area contributed by atoms with Gasteiger partial charge in [-0.2, -0.15) is 4.98 Å². The summed E-state index contributed by atoms with van der Waals surface area (Å²) in [6, 6.07) is 4.00. The molecule has 23 heavy (non-hydrogen) atoms. The normalized spacial score (nSPS) is 27.3. The number of fused-ring (bicyclic) bond motifs is 1. The summed E-state index contributed by atoms with van der Waals surface area (Å²) in [4.78, 5) is 10.9. The zero-order valence-electron chi connectivity index (χ0n) is 13.3. The monoisotopic (exact) mass is 316 g/mol. The van der Waals surface area contributed by atoms with E-state index >= 15 is 0 Å². The van der Waals surface area contributed by atoms with Crippen LogP contribution >= 0.6 is 0 Å². The van der Waals surface area contributed by atoms with Crippen molar-refractivity contribution in [3.05, 3.63) is 35.6 Å². The van der Waals surface area contributed by atoms with Gasteiger partial charge in [0.2, 0.25) is 5.88 Å². The molecule has 2 aliphatic rings. The van der Waals surface area contributed by atoms with Crippen LogP contribution in [0.2, 0.25) is 0 Å². The zero-order chi connectivity index (χ0) is 15.8. The third-order valence-electron chi connectivity index (χ3n) is 4.57. The van der Waals surface area contributed by atoms with E-state index in [2.05, 4.69) is 26.1 Å². The number of likely N-dealkylation sites (tertiary alicyclic amines) is 1. The lowest BCUT2D eigenvalue weighted by atomic mass is 10.0. The predicted molar refractivity (Wildman–Crippen MR) is 80.8 cm³/mol. The van der Waals surface area contributed by atoms with E-state index in [0.717, 1.165) is 31.6 Å². The van der Waals surface area contributed by atoms with E-state index in [4.69, 9.17) is 14.0 Å². The molecule has 4 heterocycles. The fourth-order valence-electron chi connectivity index (χ4n) is 3.55. The van der Waals surface area contributed by atoms with Gasteiger partial charge in [-0.15, -0.1) is 0 Å². The van der Waals surface area contributed by atoms with Crippen molar-refractivity contribution in [2.45, 2.75) is 32.1 Å². The van der Waals surface area contributed by atoms with Crippen LogP contribution in [0.1, 0.15) is 29.8 Å². The van der Waals surface area contributed by atoms with Crippen LogP contribution in [0.4, 0.5) is 0 Å². The molecular weight excluding hydrogens is 296 g/mol. The Morgan fingerprint density at radius 3 is 3.04 bits per heavy atom. The maximum absolute atomic E-state index is 6.12. The molecule has 4 rings (SSSR count). The van der Waals surface area contributed by atoms with Gasteiger partial charge in [0, 0.05) is 37.3 Å². The van der Waals surface area contributed by atoms with E-state index in [0.29, 0.717) is 23.5 Å². The van der Waals surface area contributed by atoms with Gasteiger partial charge in [0.05, 0.1) is 13.2 Å². The third kappa shape index (κ3) is 2.82. The van der Waals surface area contributed by atoms with Crippen LogP contribution < -0.4 is 4.74 Å². The fraction of sp³-hybridized carbons (Fsp3) is 0.562. The van der Waals surface area contributed by atoms with E-state index in [-0.39, 0.29) is 12.2 Å². The zero-order valence-corrected chi connectivity index (χ0v) is 13.3. The Morgan fingerprint density at radius 2 is 2.30 bits per heavy atom. The number of pyridine rings is 1. The Bertz CT molecular complexity index is 675. The molecular formula is C16H20N4O3. The van der Waals surface area contributed by atoms with Gasteiger partial charge in [-0.25, -0.2) is 4.98 Å². The van der Waals surface area contributed by atoms with Gasteiger partial charge >= 0.3 is 0 Å². The maximum atomic E-state index is 6.12. The largest absolute Gasteiger partial charge is 0.481 e. The molecule has 0 radical (unpaired) electrons. The number of ether oxygens (including phenoxy) is 2. The molecule has 0 saturated carbocycles. The molecule has 3 atom stereocenters. The Kier molecular flexibility index (Phi) is 3.74. The van der Waals surface area contributed by atoms with E-state index in [9.17, 15) is 0 Å². The van der Waals surface area contributed by atoms with E-state index in [1.54, 1.807) is 13.3 Å². The van der Waals surface area contributed by atoms with Gasteiger partial charge in [-0.05, 0) is 19.4 Å². The molecule has 0 aromatic carbocycles. The molecule has 122 valence electrons. The number of hydrogen-bond acceptors (Lipinski definition) is 7. The van der Waals surface area contributed by atoms with Gasteiger partial charge < -0.3 is 14.0 Å². The van der Waals surface area contributed by atoms with Crippen molar-refractivity contribution in [2.75, 3.05) is 20.2 Å². The second-order valence-electron chi connectivity index (χ2n) is 6.20. The molecule has 0 amide bonds. The second-order valence-corrected chi connectivity index (χ2v) is 6.20. The van der Waals surface area contributed by atoms with Crippen molar-refractivity contribution < 1.29 is 14.0 Å². The molecule has 7 heteroatoms. The Morgan fingerprint density at radius 1 is 1.39 bits per heavy atom. The Labute approximate surface area is 134 Å².